The summed E-state index contributed by atoms with van der Waals surface area (Å²) < 4.78 is 0. The van der Waals surface area contributed by atoms with Crippen molar-refractivity contribution in [3.05, 3.63) is 29.8 Å². The molecular formula is C20H28N4O9. The molecule has 0 aliphatic rings. The number of benzene rings is 1. The van der Waals surface area contributed by atoms with E-state index in [0.29, 0.717) is 5.56 Å². The van der Waals surface area contributed by atoms with E-state index in [-0.39, 0.29) is 18.6 Å². The number of phenols is 1. The van der Waals surface area contributed by atoms with E-state index >= 15 is 0 Å². The van der Waals surface area contributed by atoms with Gasteiger partial charge in [0.25, 0.3) is 0 Å². The van der Waals surface area contributed by atoms with Crippen molar-refractivity contribution in [3.8, 4) is 5.75 Å². The molecule has 33 heavy (non-hydrogen) atoms. The van der Waals surface area contributed by atoms with Crippen LogP contribution in [0.15, 0.2) is 24.3 Å². The second-order valence-electron chi connectivity index (χ2n) is 7.28. The van der Waals surface area contributed by atoms with Gasteiger partial charge < -0.3 is 42.1 Å². The molecule has 4 atom stereocenters. The summed E-state index contributed by atoms with van der Waals surface area (Å²) in [6.07, 6.45) is -0.915. The molecule has 3 amide bonds. The highest BCUT2D eigenvalue weighted by molar-refractivity contribution is 5.94. The van der Waals surface area contributed by atoms with Gasteiger partial charge in [-0.05, 0) is 31.0 Å². The van der Waals surface area contributed by atoms with Gasteiger partial charge in [0, 0.05) is 12.8 Å². The molecule has 182 valence electrons. The van der Waals surface area contributed by atoms with Gasteiger partial charge in [0.1, 0.15) is 29.9 Å². The minimum absolute atomic E-state index is 0.0278. The fraction of sp³-hybridized carbons (Fsp3) is 0.450. The fourth-order valence-electron chi connectivity index (χ4n) is 2.62. The Hall–Kier alpha value is -3.71. The number of carboxylic acids is 2. The number of rotatable bonds is 13. The monoisotopic (exact) mass is 468 g/mol. The van der Waals surface area contributed by atoms with Gasteiger partial charge in [0.2, 0.25) is 17.7 Å². The Balaban J connectivity index is 3.09. The van der Waals surface area contributed by atoms with Gasteiger partial charge in [0.05, 0.1) is 6.61 Å². The van der Waals surface area contributed by atoms with Crippen LogP contribution in [0.25, 0.3) is 0 Å². The molecule has 0 heterocycles. The summed E-state index contributed by atoms with van der Waals surface area (Å²) in [6.45, 7) is 0.518. The number of nitrogens with one attached hydrogen (secondary N) is 3. The lowest BCUT2D eigenvalue weighted by atomic mass is 10.0. The minimum atomic E-state index is -1.39. The molecule has 0 radical (unpaired) electrons. The van der Waals surface area contributed by atoms with E-state index < -0.39 is 66.9 Å². The van der Waals surface area contributed by atoms with Gasteiger partial charge in [0.15, 0.2) is 0 Å². The predicted molar refractivity (Wildman–Crippen MR) is 113 cm³/mol. The summed E-state index contributed by atoms with van der Waals surface area (Å²) in [6, 6.07) is 0.409. The Morgan fingerprint density at radius 3 is 1.97 bits per heavy atom. The lowest BCUT2D eigenvalue weighted by Gasteiger charge is -2.24. The first kappa shape index (κ1) is 27.3. The van der Waals surface area contributed by atoms with Crippen LogP contribution in [0.5, 0.6) is 5.75 Å². The van der Waals surface area contributed by atoms with Crippen LogP contribution in [-0.2, 0) is 30.4 Å². The van der Waals surface area contributed by atoms with Crippen molar-refractivity contribution in [1.82, 2.24) is 16.0 Å². The highest BCUT2D eigenvalue weighted by Gasteiger charge is 2.29. The Morgan fingerprint density at radius 2 is 1.45 bits per heavy atom. The van der Waals surface area contributed by atoms with Gasteiger partial charge in [-0.3, -0.25) is 24.0 Å². The predicted octanol–water partition coefficient (Wildman–Crippen LogP) is -2.32. The molecular weight excluding hydrogens is 440 g/mol. The van der Waals surface area contributed by atoms with Crippen molar-refractivity contribution in [3.63, 3.8) is 0 Å². The number of amides is 3. The maximum atomic E-state index is 12.8. The zero-order valence-corrected chi connectivity index (χ0v) is 17.9. The Labute approximate surface area is 189 Å². The second kappa shape index (κ2) is 13.0. The van der Waals surface area contributed by atoms with Gasteiger partial charge in [-0.2, -0.15) is 0 Å². The van der Waals surface area contributed by atoms with E-state index in [1.807, 2.05) is 0 Å². The van der Waals surface area contributed by atoms with Gasteiger partial charge in [-0.25, -0.2) is 0 Å². The number of aliphatic hydroxyl groups excluding tert-OH is 1. The standard InChI is InChI=1S/C20H28N4O9/c1-10(20(32)33)22-19(31)15(8-11-2-4-12(26)5-3-11)24-18(30)14(6-7-16(27)28)23-17(29)13(21)9-25/h2-5,10,13-15,25-26H,6-9,21H2,1H3,(H,22,31)(H,23,29)(H,24,30)(H,27,28)(H,32,33). The zero-order valence-electron chi connectivity index (χ0n) is 17.9. The molecule has 1 aromatic carbocycles. The van der Waals surface area contributed by atoms with Gasteiger partial charge in [-0.1, -0.05) is 12.1 Å². The van der Waals surface area contributed by atoms with Crippen molar-refractivity contribution >= 4 is 29.7 Å². The number of phenolic OH excluding ortho intramolecular Hbond substituents is 1. The van der Waals surface area contributed by atoms with E-state index in [4.69, 9.17) is 21.1 Å². The van der Waals surface area contributed by atoms with E-state index in [0.717, 1.165) is 0 Å². The molecule has 0 aliphatic carbocycles. The number of aliphatic hydroxyl groups is 1. The molecule has 0 saturated carbocycles. The third-order valence-corrected chi connectivity index (χ3v) is 4.55. The Kier molecular flexibility index (Phi) is 10.7. The van der Waals surface area contributed by atoms with Crippen LogP contribution < -0.4 is 21.7 Å². The molecule has 0 fully saturated rings. The first-order valence-corrected chi connectivity index (χ1v) is 9.94. The number of hydrogen-bond donors (Lipinski definition) is 8. The number of carbonyl (C=O) groups is 5. The average molecular weight is 468 g/mol. The number of carboxylic acid groups (broad SMARTS) is 2. The van der Waals surface area contributed by atoms with E-state index in [1.54, 1.807) is 0 Å². The third-order valence-electron chi connectivity index (χ3n) is 4.55. The number of aliphatic carboxylic acids is 2. The molecule has 0 spiro atoms. The Bertz CT molecular complexity index is 860. The van der Waals surface area contributed by atoms with Gasteiger partial charge in [-0.15, -0.1) is 0 Å². The topological polar surface area (TPSA) is 228 Å². The van der Waals surface area contributed by atoms with E-state index in [2.05, 4.69) is 16.0 Å². The highest BCUT2D eigenvalue weighted by Crippen LogP contribution is 2.12. The van der Waals surface area contributed by atoms with E-state index in [1.165, 1.54) is 31.2 Å². The molecule has 0 aliphatic heterocycles. The normalized spacial score (nSPS) is 14.3. The lowest BCUT2D eigenvalue weighted by molar-refractivity contribution is -0.141. The SMILES string of the molecule is CC(NC(=O)C(Cc1ccc(O)cc1)NC(=O)C(CCC(=O)O)NC(=O)C(N)CO)C(=O)O. The third kappa shape index (κ3) is 9.53. The lowest BCUT2D eigenvalue weighted by Crippen LogP contribution is -2.57. The van der Waals surface area contributed by atoms with Crippen LogP contribution in [0, 0.1) is 0 Å². The summed E-state index contributed by atoms with van der Waals surface area (Å²) in [4.78, 5) is 59.5. The molecule has 9 N–H and O–H groups in total. The van der Waals surface area contributed by atoms with Crippen LogP contribution >= 0.6 is 0 Å². The molecule has 1 rings (SSSR count). The number of hydrogen-bond acceptors (Lipinski definition) is 8. The average Bonchev–Trinajstić information content (AvgIpc) is 2.76. The molecule has 1 aromatic rings. The summed E-state index contributed by atoms with van der Waals surface area (Å²) in [5.74, 6) is -5.20. The quantitative estimate of drug-likeness (QED) is 0.154. The molecule has 0 bridgehead atoms. The largest absolute Gasteiger partial charge is 0.508 e. The van der Waals surface area contributed by atoms with Crippen molar-refractivity contribution in [1.29, 1.82) is 0 Å². The summed E-state index contributed by atoms with van der Waals surface area (Å²) in [7, 11) is 0. The molecule has 0 aromatic heterocycles. The number of carbonyl (C=O) groups excluding carboxylic acids is 3. The summed E-state index contributed by atoms with van der Waals surface area (Å²) in [5, 5.41) is 43.3. The van der Waals surface area contributed by atoms with Crippen molar-refractivity contribution < 1.29 is 44.4 Å². The number of aromatic hydroxyl groups is 1. The van der Waals surface area contributed by atoms with Crippen molar-refractivity contribution in [2.75, 3.05) is 6.61 Å². The molecule has 0 saturated heterocycles. The number of nitrogens with two attached hydrogens (primary N) is 1. The van der Waals surface area contributed by atoms with Crippen molar-refractivity contribution in [2.24, 2.45) is 5.73 Å². The van der Waals surface area contributed by atoms with Crippen molar-refractivity contribution in [2.45, 2.75) is 50.4 Å². The molecule has 13 heteroatoms. The van der Waals surface area contributed by atoms with Crippen LogP contribution in [-0.4, -0.2) is 80.9 Å². The first-order valence-electron chi connectivity index (χ1n) is 9.94. The summed E-state index contributed by atoms with van der Waals surface area (Å²) >= 11 is 0. The maximum Gasteiger partial charge on any atom is 0.325 e. The highest BCUT2D eigenvalue weighted by atomic mass is 16.4. The molecule has 4 unspecified atom stereocenters. The van der Waals surface area contributed by atoms with Crippen LogP contribution in [0.3, 0.4) is 0 Å². The fourth-order valence-corrected chi connectivity index (χ4v) is 2.62. The van der Waals surface area contributed by atoms with Gasteiger partial charge >= 0.3 is 11.9 Å². The second-order valence-corrected chi connectivity index (χ2v) is 7.28. The maximum absolute atomic E-state index is 12.8. The summed E-state index contributed by atoms with van der Waals surface area (Å²) in [5.41, 5.74) is 5.94. The molecule has 13 nitrogen and oxygen atoms in total. The zero-order chi connectivity index (χ0) is 25.1. The van der Waals surface area contributed by atoms with Crippen LogP contribution in [0.4, 0.5) is 0 Å². The van der Waals surface area contributed by atoms with Crippen LogP contribution in [0.2, 0.25) is 0 Å². The first-order chi connectivity index (χ1) is 15.4. The minimum Gasteiger partial charge on any atom is -0.508 e. The Morgan fingerprint density at radius 1 is 0.909 bits per heavy atom. The smallest absolute Gasteiger partial charge is 0.325 e. The van der Waals surface area contributed by atoms with Crippen LogP contribution in [0.1, 0.15) is 25.3 Å². The van der Waals surface area contributed by atoms with E-state index in [9.17, 15) is 29.1 Å².